The normalized spacial score (nSPS) is 10.6. The Balaban J connectivity index is 1.46. The maximum Gasteiger partial charge on any atom is 0.329 e. The number of anilines is 2. The Labute approximate surface area is 204 Å². The van der Waals surface area contributed by atoms with E-state index in [1.165, 1.54) is 6.21 Å². The molecule has 3 N–H and O–H groups in total. The first-order valence-electron chi connectivity index (χ1n) is 11.2. The van der Waals surface area contributed by atoms with Gasteiger partial charge in [0.25, 0.3) is 5.91 Å². The Bertz CT molecular complexity index is 1240. The van der Waals surface area contributed by atoms with Gasteiger partial charge >= 0.3 is 11.8 Å². The van der Waals surface area contributed by atoms with Crippen molar-refractivity contribution in [2.75, 3.05) is 17.2 Å². The third-order valence-electron chi connectivity index (χ3n) is 5.36. The topological polar surface area (TPSA) is 109 Å². The second-order valence-electron chi connectivity index (χ2n) is 7.82. The first-order valence-corrected chi connectivity index (χ1v) is 11.2. The molecule has 3 rings (SSSR count). The van der Waals surface area contributed by atoms with Gasteiger partial charge in [0, 0.05) is 11.4 Å². The van der Waals surface area contributed by atoms with Gasteiger partial charge in [0.1, 0.15) is 5.75 Å². The molecule has 180 valence electrons. The number of carbonyl (C=O) groups is 3. The van der Waals surface area contributed by atoms with Crippen molar-refractivity contribution in [3.8, 4) is 5.75 Å². The monoisotopic (exact) mass is 472 g/mol. The summed E-state index contributed by atoms with van der Waals surface area (Å²) in [6, 6.07) is 19.8. The van der Waals surface area contributed by atoms with Gasteiger partial charge in [-0.15, -0.1) is 0 Å². The van der Waals surface area contributed by atoms with Gasteiger partial charge in [0.15, 0.2) is 6.61 Å². The lowest BCUT2D eigenvalue weighted by Gasteiger charge is -2.11. The molecule has 0 heterocycles. The minimum atomic E-state index is -0.873. The highest BCUT2D eigenvalue weighted by atomic mass is 16.5. The lowest BCUT2D eigenvalue weighted by atomic mass is 10.1. The Morgan fingerprint density at radius 3 is 2.31 bits per heavy atom. The molecule has 35 heavy (non-hydrogen) atoms. The van der Waals surface area contributed by atoms with Gasteiger partial charge in [0.2, 0.25) is 0 Å². The van der Waals surface area contributed by atoms with E-state index < -0.39 is 11.8 Å². The summed E-state index contributed by atoms with van der Waals surface area (Å²) in [5.74, 6) is -1.42. The molecule has 3 aromatic rings. The van der Waals surface area contributed by atoms with Crippen LogP contribution in [0.2, 0.25) is 0 Å². The smallest absolute Gasteiger partial charge is 0.329 e. The number of hydrogen-bond acceptors (Lipinski definition) is 5. The highest BCUT2D eigenvalue weighted by Gasteiger charge is 2.14. The minimum Gasteiger partial charge on any atom is -0.484 e. The van der Waals surface area contributed by atoms with Crippen molar-refractivity contribution >= 4 is 35.3 Å². The summed E-state index contributed by atoms with van der Waals surface area (Å²) >= 11 is 0. The fourth-order valence-electron chi connectivity index (χ4n) is 3.22. The molecule has 0 saturated carbocycles. The minimum absolute atomic E-state index is 0.132. The number of rotatable bonds is 8. The fraction of sp³-hybridized carbons (Fsp3) is 0.185. The number of hydrazone groups is 1. The molecule has 0 atom stereocenters. The number of hydrogen-bond donors (Lipinski definition) is 3. The lowest BCUT2D eigenvalue weighted by molar-refractivity contribution is -0.136. The number of para-hydroxylation sites is 1. The van der Waals surface area contributed by atoms with E-state index in [1.54, 1.807) is 36.4 Å². The van der Waals surface area contributed by atoms with Crippen LogP contribution in [0.4, 0.5) is 11.4 Å². The Morgan fingerprint density at radius 1 is 0.857 bits per heavy atom. The van der Waals surface area contributed by atoms with Crippen molar-refractivity contribution in [3.63, 3.8) is 0 Å². The molecule has 8 heteroatoms. The molecule has 0 aliphatic heterocycles. The van der Waals surface area contributed by atoms with E-state index in [1.807, 2.05) is 51.1 Å². The van der Waals surface area contributed by atoms with Crippen LogP contribution in [-0.2, 0) is 20.8 Å². The standard InChI is InChI=1S/C27H28N4O4/c1-4-21-9-5-6-10-24(21)30-26(33)27(34)31-28-16-20-12-14-22(15-13-20)35-17-25(32)29-23-11-7-8-18(2)19(23)3/h5-16H,4,17H2,1-3H3,(H,29,32)(H,30,33)(H,31,34)/b28-16-. The predicted octanol–water partition coefficient (Wildman–Crippen LogP) is 3.97. The molecule has 8 nitrogen and oxygen atoms in total. The van der Waals surface area contributed by atoms with Crippen molar-refractivity contribution in [1.82, 2.24) is 5.43 Å². The van der Waals surface area contributed by atoms with Crippen LogP contribution in [0.15, 0.2) is 71.8 Å². The molecule has 0 unspecified atom stereocenters. The fourth-order valence-corrected chi connectivity index (χ4v) is 3.22. The Morgan fingerprint density at radius 2 is 1.57 bits per heavy atom. The summed E-state index contributed by atoms with van der Waals surface area (Å²) in [7, 11) is 0. The van der Waals surface area contributed by atoms with Gasteiger partial charge in [-0.05, 0) is 78.9 Å². The van der Waals surface area contributed by atoms with Gasteiger partial charge < -0.3 is 15.4 Å². The van der Waals surface area contributed by atoms with Crippen LogP contribution in [0.25, 0.3) is 0 Å². The zero-order chi connectivity index (χ0) is 25.2. The molecule has 0 spiro atoms. The van der Waals surface area contributed by atoms with E-state index in [0.717, 1.165) is 28.8 Å². The van der Waals surface area contributed by atoms with Crippen molar-refractivity contribution < 1.29 is 19.1 Å². The number of carbonyl (C=O) groups excluding carboxylic acids is 3. The second-order valence-corrected chi connectivity index (χ2v) is 7.82. The lowest BCUT2D eigenvalue weighted by Crippen LogP contribution is -2.32. The number of nitrogens with zero attached hydrogens (tertiary/aromatic N) is 1. The van der Waals surface area contributed by atoms with Gasteiger partial charge in [-0.1, -0.05) is 37.3 Å². The predicted molar refractivity (Wildman–Crippen MR) is 137 cm³/mol. The van der Waals surface area contributed by atoms with Crippen LogP contribution in [0.5, 0.6) is 5.75 Å². The van der Waals surface area contributed by atoms with E-state index in [2.05, 4.69) is 21.2 Å². The van der Waals surface area contributed by atoms with E-state index >= 15 is 0 Å². The quantitative estimate of drug-likeness (QED) is 0.262. The summed E-state index contributed by atoms with van der Waals surface area (Å²) < 4.78 is 5.54. The maximum absolute atomic E-state index is 12.2. The van der Waals surface area contributed by atoms with Crippen LogP contribution in [0.3, 0.4) is 0 Å². The Kier molecular flexibility index (Phi) is 8.72. The summed E-state index contributed by atoms with van der Waals surface area (Å²) in [5, 5.41) is 9.25. The summed E-state index contributed by atoms with van der Waals surface area (Å²) in [4.78, 5) is 36.3. The van der Waals surface area contributed by atoms with Crippen LogP contribution in [0, 0.1) is 13.8 Å². The first-order chi connectivity index (χ1) is 16.9. The number of ether oxygens (including phenoxy) is 1. The van der Waals surface area contributed by atoms with Crippen LogP contribution < -0.4 is 20.8 Å². The zero-order valence-corrected chi connectivity index (χ0v) is 19.9. The highest BCUT2D eigenvalue weighted by molar-refractivity contribution is 6.39. The molecule has 0 saturated heterocycles. The summed E-state index contributed by atoms with van der Waals surface area (Å²) in [6.45, 7) is 5.77. The van der Waals surface area contributed by atoms with Gasteiger partial charge in [-0.3, -0.25) is 14.4 Å². The molecule has 3 aromatic carbocycles. The highest BCUT2D eigenvalue weighted by Crippen LogP contribution is 2.18. The number of nitrogens with one attached hydrogen (secondary N) is 3. The summed E-state index contributed by atoms with van der Waals surface area (Å²) in [5.41, 5.74) is 7.28. The number of benzene rings is 3. The molecular formula is C27H28N4O4. The van der Waals surface area contributed by atoms with E-state index in [0.29, 0.717) is 17.0 Å². The van der Waals surface area contributed by atoms with Crippen LogP contribution in [-0.4, -0.2) is 30.5 Å². The van der Waals surface area contributed by atoms with Crippen molar-refractivity contribution in [2.24, 2.45) is 5.10 Å². The third-order valence-corrected chi connectivity index (χ3v) is 5.36. The molecule has 3 amide bonds. The molecular weight excluding hydrogens is 444 g/mol. The van der Waals surface area contributed by atoms with E-state index in [9.17, 15) is 14.4 Å². The van der Waals surface area contributed by atoms with Gasteiger partial charge in [-0.25, -0.2) is 5.43 Å². The number of aryl methyl sites for hydroxylation is 2. The average molecular weight is 473 g/mol. The van der Waals surface area contributed by atoms with E-state index in [-0.39, 0.29) is 12.5 Å². The van der Waals surface area contributed by atoms with Gasteiger partial charge in [-0.2, -0.15) is 5.10 Å². The number of amides is 3. The molecule has 0 aliphatic carbocycles. The molecule has 0 aliphatic rings. The first kappa shape index (κ1) is 25.2. The van der Waals surface area contributed by atoms with Crippen molar-refractivity contribution in [3.05, 3.63) is 89.0 Å². The third kappa shape index (κ3) is 7.26. The maximum atomic E-state index is 12.2. The Hall–Kier alpha value is -4.46. The molecule has 0 bridgehead atoms. The van der Waals surface area contributed by atoms with E-state index in [4.69, 9.17) is 4.74 Å². The molecule has 0 fully saturated rings. The van der Waals surface area contributed by atoms with Crippen molar-refractivity contribution in [2.45, 2.75) is 27.2 Å². The van der Waals surface area contributed by atoms with Crippen LogP contribution in [0.1, 0.15) is 29.2 Å². The largest absolute Gasteiger partial charge is 0.484 e. The van der Waals surface area contributed by atoms with Crippen LogP contribution >= 0.6 is 0 Å². The SMILES string of the molecule is CCc1ccccc1NC(=O)C(=O)N/N=C\c1ccc(OCC(=O)Nc2cccc(C)c2C)cc1. The second kappa shape index (κ2) is 12.1. The molecule has 0 aromatic heterocycles. The van der Waals surface area contributed by atoms with Crippen molar-refractivity contribution in [1.29, 1.82) is 0 Å². The summed E-state index contributed by atoms with van der Waals surface area (Å²) in [6.07, 6.45) is 2.13. The average Bonchev–Trinajstić information content (AvgIpc) is 2.86. The zero-order valence-electron chi connectivity index (χ0n) is 19.9. The molecule has 0 radical (unpaired) electrons. The van der Waals surface area contributed by atoms with Gasteiger partial charge in [0.05, 0.1) is 6.21 Å².